The zero-order valence-corrected chi connectivity index (χ0v) is 8.45. The fraction of sp³-hybridized carbons (Fsp3) is 0.889. The Labute approximate surface area is 79.5 Å². The summed E-state index contributed by atoms with van der Waals surface area (Å²) in [7, 11) is 1.58. The smallest absolute Gasteiger partial charge is 0.224 e. The van der Waals surface area contributed by atoms with Crippen LogP contribution in [0.25, 0.3) is 0 Å². The summed E-state index contributed by atoms with van der Waals surface area (Å²) in [5.74, 6) is 0.0952. The van der Waals surface area contributed by atoms with Crippen LogP contribution in [0, 0.1) is 0 Å². The molecule has 0 radical (unpaired) electrons. The highest BCUT2D eigenvalue weighted by Crippen LogP contribution is 1.96. The second-order valence-corrected chi connectivity index (χ2v) is 2.79. The van der Waals surface area contributed by atoms with Gasteiger partial charge < -0.3 is 14.7 Å². The van der Waals surface area contributed by atoms with Gasteiger partial charge in [0.1, 0.15) is 0 Å². The van der Waals surface area contributed by atoms with Gasteiger partial charge in [-0.25, -0.2) is 0 Å². The van der Waals surface area contributed by atoms with Crippen LogP contribution in [0.1, 0.15) is 19.8 Å². The highest BCUT2D eigenvalue weighted by atomic mass is 16.5. The number of rotatable bonds is 7. The Morgan fingerprint density at radius 1 is 1.54 bits per heavy atom. The number of carbonyl (C=O) groups is 1. The van der Waals surface area contributed by atoms with Crippen molar-refractivity contribution < 1.29 is 14.6 Å². The third-order valence-corrected chi connectivity index (χ3v) is 1.84. The standard InChI is InChI=1S/C9H19NO3/c1-3-10(6-4-7-11)9(12)5-8-13-2/h11H,3-8H2,1-2H3. The lowest BCUT2D eigenvalue weighted by atomic mass is 10.3. The van der Waals surface area contributed by atoms with Crippen molar-refractivity contribution in [3.8, 4) is 0 Å². The van der Waals surface area contributed by atoms with E-state index in [1.54, 1.807) is 12.0 Å². The maximum atomic E-state index is 11.4. The molecule has 78 valence electrons. The Balaban J connectivity index is 3.71. The van der Waals surface area contributed by atoms with Crippen LogP contribution in [0.2, 0.25) is 0 Å². The summed E-state index contributed by atoms with van der Waals surface area (Å²) in [6.07, 6.45) is 1.07. The lowest BCUT2D eigenvalue weighted by Gasteiger charge is -2.20. The first kappa shape index (κ1) is 12.4. The van der Waals surface area contributed by atoms with Gasteiger partial charge in [-0.2, -0.15) is 0 Å². The minimum atomic E-state index is 0.0952. The molecule has 0 atom stereocenters. The quantitative estimate of drug-likeness (QED) is 0.624. The third-order valence-electron chi connectivity index (χ3n) is 1.84. The molecule has 0 spiro atoms. The first-order chi connectivity index (χ1) is 6.26. The van der Waals surface area contributed by atoms with Crippen LogP contribution in [0.5, 0.6) is 0 Å². The van der Waals surface area contributed by atoms with Crippen molar-refractivity contribution in [1.82, 2.24) is 4.90 Å². The monoisotopic (exact) mass is 189 g/mol. The average Bonchev–Trinajstić information content (AvgIpc) is 2.16. The molecule has 0 saturated heterocycles. The van der Waals surface area contributed by atoms with Gasteiger partial charge in [-0.05, 0) is 13.3 Å². The molecular weight excluding hydrogens is 170 g/mol. The summed E-state index contributed by atoms with van der Waals surface area (Å²) in [4.78, 5) is 13.1. The van der Waals surface area contributed by atoms with Crippen LogP contribution in [-0.2, 0) is 9.53 Å². The SMILES string of the molecule is CCN(CCCO)C(=O)CCOC. The van der Waals surface area contributed by atoms with Crippen LogP contribution >= 0.6 is 0 Å². The molecule has 0 aliphatic carbocycles. The number of nitrogens with zero attached hydrogens (tertiary/aromatic N) is 1. The van der Waals surface area contributed by atoms with E-state index in [4.69, 9.17) is 9.84 Å². The first-order valence-electron chi connectivity index (χ1n) is 4.63. The van der Waals surface area contributed by atoms with Gasteiger partial charge in [0.25, 0.3) is 0 Å². The lowest BCUT2D eigenvalue weighted by molar-refractivity contribution is -0.132. The molecule has 0 aromatic rings. The van der Waals surface area contributed by atoms with E-state index in [0.29, 0.717) is 32.5 Å². The normalized spacial score (nSPS) is 10.1. The molecule has 0 fully saturated rings. The Bertz CT molecular complexity index is 139. The number of aliphatic hydroxyl groups is 1. The molecule has 1 amide bonds. The van der Waals surface area contributed by atoms with Gasteiger partial charge in [-0.3, -0.25) is 4.79 Å². The van der Waals surface area contributed by atoms with Crippen LogP contribution in [0.15, 0.2) is 0 Å². The van der Waals surface area contributed by atoms with E-state index in [0.717, 1.165) is 0 Å². The maximum absolute atomic E-state index is 11.4. The zero-order valence-electron chi connectivity index (χ0n) is 8.45. The summed E-state index contributed by atoms with van der Waals surface area (Å²) in [6.45, 7) is 3.86. The minimum absolute atomic E-state index is 0.0952. The molecule has 1 N–H and O–H groups in total. The molecule has 13 heavy (non-hydrogen) atoms. The summed E-state index contributed by atoms with van der Waals surface area (Å²) < 4.78 is 4.81. The van der Waals surface area contributed by atoms with E-state index in [-0.39, 0.29) is 12.5 Å². The molecule has 0 aliphatic rings. The van der Waals surface area contributed by atoms with Crippen molar-refractivity contribution in [3.05, 3.63) is 0 Å². The number of hydrogen-bond acceptors (Lipinski definition) is 3. The van der Waals surface area contributed by atoms with Gasteiger partial charge >= 0.3 is 0 Å². The van der Waals surface area contributed by atoms with Gasteiger partial charge in [0, 0.05) is 26.8 Å². The van der Waals surface area contributed by atoms with Gasteiger partial charge in [0.2, 0.25) is 5.91 Å². The average molecular weight is 189 g/mol. The maximum Gasteiger partial charge on any atom is 0.224 e. The molecule has 0 unspecified atom stereocenters. The topological polar surface area (TPSA) is 49.8 Å². The highest BCUT2D eigenvalue weighted by molar-refractivity contribution is 5.76. The number of ether oxygens (including phenoxy) is 1. The predicted octanol–water partition coefficient (Wildman–Crippen LogP) is 0.254. The van der Waals surface area contributed by atoms with Gasteiger partial charge in [0.05, 0.1) is 13.0 Å². The molecular formula is C9H19NO3. The van der Waals surface area contributed by atoms with Crippen molar-refractivity contribution >= 4 is 5.91 Å². The van der Waals surface area contributed by atoms with Crippen LogP contribution in [0.3, 0.4) is 0 Å². The summed E-state index contributed by atoms with van der Waals surface area (Å²) in [5.41, 5.74) is 0. The van der Waals surface area contributed by atoms with Crippen molar-refractivity contribution in [2.75, 3.05) is 33.4 Å². The molecule has 4 nitrogen and oxygen atoms in total. The number of hydrogen-bond donors (Lipinski definition) is 1. The molecule has 0 aromatic heterocycles. The molecule has 0 rings (SSSR count). The van der Waals surface area contributed by atoms with E-state index in [9.17, 15) is 4.79 Å². The number of aliphatic hydroxyl groups excluding tert-OH is 1. The fourth-order valence-corrected chi connectivity index (χ4v) is 1.07. The Morgan fingerprint density at radius 2 is 2.23 bits per heavy atom. The zero-order chi connectivity index (χ0) is 10.1. The Hall–Kier alpha value is -0.610. The first-order valence-corrected chi connectivity index (χ1v) is 4.63. The van der Waals surface area contributed by atoms with E-state index < -0.39 is 0 Å². The Morgan fingerprint density at radius 3 is 2.69 bits per heavy atom. The van der Waals surface area contributed by atoms with E-state index in [2.05, 4.69) is 0 Å². The van der Waals surface area contributed by atoms with Crippen LogP contribution in [-0.4, -0.2) is 49.3 Å². The predicted molar refractivity (Wildman–Crippen MR) is 50.4 cm³/mol. The minimum Gasteiger partial charge on any atom is -0.396 e. The van der Waals surface area contributed by atoms with Crippen molar-refractivity contribution in [1.29, 1.82) is 0 Å². The molecule has 0 saturated carbocycles. The number of carbonyl (C=O) groups excluding carboxylic acids is 1. The molecule has 0 aromatic carbocycles. The second-order valence-electron chi connectivity index (χ2n) is 2.79. The van der Waals surface area contributed by atoms with E-state index >= 15 is 0 Å². The van der Waals surface area contributed by atoms with E-state index in [1.165, 1.54) is 0 Å². The number of methoxy groups -OCH3 is 1. The lowest BCUT2D eigenvalue weighted by Crippen LogP contribution is -2.32. The van der Waals surface area contributed by atoms with Crippen LogP contribution < -0.4 is 0 Å². The Kier molecular flexibility index (Phi) is 7.63. The largest absolute Gasteiger partial charge is 0.396 e. The van der Waals surface area contributed by atoms with Crippen molar-refractivity contribution in [3.63, 3.8) is 0 Å². The summed E-state index contributed by atoms with van der Waals surface area (Å²) >= 11 is 0. The third kappa shape index (κ3) is 5.60. The summed E-state index contributed by atoms with van der Waals surface area (Å²) in [5, 5.41) is 8.61. The van der Waals surface area contributed by atoms with Gasteiger partial charge in [-0.15, -0.1) is 0 Å². The van der Waals surface area contributed by atoms with E-state index in [1.807, 2.05) is 6.92 Å². The summed E-state index contributed by atoms with van der Waals surface area (Å²) in [6, 6.07) is 0. The van der Waals surface area contributed by atoms with Crippen LogP contribution in [0.4, 0.5) is 0 Å². The van der Waals surface area contributed by atoms with Crippen molar-refractivity contribution in [2.45, 2.75) is 19.8 Å². The molecule has 0 heterocycles. The molecule has 0 bridgehead atoms. The van der Waals surface area contributed by atoms with Crippen molar-refractivity contribution in [2.24, 2.45) is 0 Å². The van der Waals surface area contributed by atoms with Gasteiger partial charge in [-0.1, -0.05) is 0 Å². The molecule has 0 aliphatic heterocycles. The highest BCUT2D eigenvalue weighted by Gasteiger charge is 2.09. The number of amides is 1. The molecule has 4 heteroatoms. The van der Waals surface area contributed by atoms with Gasteiger partial charge in [0.15, 0.2) is 0 Å². The fourth-order valence-electron chi connectivity index (χ4n) is 1.07. The second kappa shape index (κ2) is 8.01.